The molecule has 0 aromatic heterocycles. The van der Waals surface area contributed by atoms with Crippen LogP contribution in [0.5, 0.6) is 0 Å². The molecule has 1 heterocycles. The van der Waals surface area contributed by atoms with Gasteiger partial charge in [0.05, 0.1) is 6.10 Å². The molecule has 0 unspecified atom stereocenters. The number of rotatable bonds is 3. The minimum absolute atomic E-state index is 0. The van der Waals surface area contributed by atoms with Crippen LogP contribution < -0.4 is 5.32 Å². The topological polar surface area (TPSA) is 58.6 Å². The quantitative estimate of drug-likeness (QED) is 0.637. The highest BCUT2D eigenvalue weighted by atomic mass is 35.5. The van der Waals surface area contributed by atoms with Gasteiger partial charge in [-0.3, -0.25) is 0 Å². The highest BCUT2D eigenvalue weighted by Crippen LogP contribution is 2.01. The van der Waals surface area contributed by atoms with E-state index in [0.717, 1.165) is 19.5 Å². The fraction of sp³-hybridized carbons (Fsp3) is 0.833. The van der Waals surface area contributed by atoms with E-state index in [1.807, 2.05) is 0 Å². The van der Waals surface area contributed by atoms with Gasteiger partial charge >= 0.3 is 5.97 Å². The lowest BCUT2D eigenvalue weighted by molar-refractivity contribution is -0.143. The van der Waals surface area contributed by atoms with Gasteiger partial charge in [0.25, 0.3) is 0 Å². The summed E-state index contributed by atoms with van der Waals surface area (Å²) < 4.78 is 5.00. The van der Waals surface area contributed by atoms with Crippen molar-refractivity contribution in [1.29, 1.82) is 0 Å². The molecule has 0 spiro atoms. The molecule has 5 heteroatoms. The van der Waals surface area contributed by atoms with Crippen molar-refractivity contribution < 1.29 is 14.6 Å². The number of hydrogen-bond acceptors (Lipinski definition) is 3. The predicted molar refractivity (Wildman–Crippen MR) is 42.1 cm³/mol. The van der Waals surface area contributed by atoms with E-state index < -0.39 is 5.97 Å². The Morgan fingerprint density at radius 1 is 1.73 bits per heavy atom. The molecule has 1 aliphatic heterocycles. The van der Waals surface area contributed by atoms with Crippen LogP contribution in [0.25, 0.3) is 0 Å². The van der Waals surface area contributed by atoms with Crippen molar-refractivity contribution in [1.82, 2.24) is 5.32 Å². The van der Waals surface area contributed by atoms with Gasteiger partial charge in [0.15, 0.2) is 0 Å². The fourth-order valence-electron chi connectivity index (χ4n) is 0.960. The smallest absolute Gasteiger partial charge is 0.329 e. The summed E-state index contributed by atoms with van der Waals surface area (Å²) in [5.74, 6) is -0.896. The third-order valence-electron chi connectivity index (χ3n) is 1.46. The second kappa shape index (κ2) is 5.35. The van der Waals surface area contributed by atoms with Crippen LogP contribution in [-0.4, -0.2) is 36.9 Å². The van der Waals surface area contributed by atoms with E-state index in [4.69, 9.17) is 9.84 Å². The van der Waals surface area contributed by atoms with Crippen LogP contribution >= 0.6 is 12.4 Å². The van der Waals surface area contributed by atoms with Gasteiger partial charge in [-0.05, 0) is 13.0 Å². The Labute approximate surface area is 71.3 Å². The molecule has 1 saturated heterocycles. The zero-order valence-electron chi connectivity index (χ0n) is 6.08. The molecule has 0 aliphatic carbocycles. The van der Waals surface area contributed by atoms with Gasteiger partial charge in [-0.15, -0.1) is 12.4 Å². The van der Waals surface area contributed by atoms with Gasteiger partial charge in [0, 0.05) is 6.54 Å². The average Bonchev–Trinajstić information content (AvgIpc) is 2.34. The Kier molecular flexibility index (Phi) is 5.19. The summed E-state index contributed by atoms with van der Waals surface area (Å²) in [7, 11) is 0. The van der Waals surface area contributed by atoms with Crippen LogP contribution in [0.15, 0.2) is 0 Å². The van der Waals surface area contributed by atoms with Crippen molar-refractivity contribution in [3.8, 4) is 0 Å². The van der Waals surface area contributed by atoms with Gasteiger partial charge in [-0.25, -0.2) is 4.79 Å². The van der Waals surface area contributed by atoms with Crippen LogP contribution in [0.3, 0.4) is 0 Å². The first-order valence-electron chi connectivity index (χ1n) is 3.33. The van der Waals surface area contributed by atoms with Crippen LogP contribution in [0.4, 0.5) is 0 Å². The number of halogens is 1. The van der Waals surface area contributed by atoms with E-state index in [-0.39, 0.29) is 25.1 Å². The van der Waals surface area contributed by atoms with Gasteiger partial charge in [0.2, 0.25) is 0 Å². The van der Waals surface area contributed by atoms with Crippen LogP contribution in [-0.2, 0) is 9.53 Å². The SMILES string of the molecule is Cl.O=C(O)CO[C@@H]1CCNC1. The Morgan fingerprint density at radius 2 is 2.45 bits per heavy atom. The van der Waals surface area contributed by atoms with Gasteiger partial charge in [0.1, 0.15) is 6.61 Å². The summed E-state index contributed by atoms with van der Waals surface area (Å²) in [6, 6.07) is 0. The molecule has 1 fully saturated rings. The molecule has 0 aromatic rings. The molecule has 0 radical (unpaired) electrons. The third kappa shape index (κ3) is 4.19. The number of aliphatic carboxylic acids is 1. The first-order chi connectivity index (χ1) is 4.79. The molecule has 1 atom stereocenters. The minimum Gasteiger partial charge on any atom is -0.480 e. The van der Waals surface area contributed by atoms with E-state index in [9.17, 15) is 4.79 Å². The number of carbonyl (C=O) groups is 1. The largest absolute Gasteiger partial charge is 0.480 e. The lowest BCUT2D eigenvalue weighted by atomic mass is 10.3. The maximum Gasteiger partial charge on any atom is 0.329 e. The zero-order valence-corrected chi connectivity index (χ0v) is 6.89. The maximum absolute atomic E-state index is 10.0. The lowest BCUT2D eigenvalue weighted by Gasteiger charge is -2.06. The maximum atomic E-state index is 10.0. The number of nitrogens with one attached hydrogen (secondary N) is 1. The van der Waals surface area contributed by atoms with Gasteiger partial charge in [-0.2, -0.15) is 0 Å². The molecule has 66 valence electrons. The first-order valence-corrected chi connectivity index (χ1v) is 3.33. The average molecular weight is 182 g/mol. The molecule has 4 nitrogen and oxygen atoms in total. The van der Waals surface area contributed by atoms with Crippen LogP contribution in [0.1, 0.15) is 6.42 Å². The molecule has 0 amide bonds. The van der Waals surface area contributed by atoms with Gasteiger partial charge < -0.3 is 15.2 Å². The molecule has 2 N–H and O–H groups in total. The third-order valence-corrected chi connectivity index (χ3v) is 1.46. The van der Waals surface area contributed by atoms with Gasteiger partial charge in [-0.1, -0.05) is 0 Å². The van der Waals surface area contributed by atoms with Crippen molar-refractivity contribution >= 4 is 18.4 Å². The molecule has 0 bridgehead atoms. The minimum atomic E-state index is -0.896. The summed E-state index contributed by atoms with van der Waals surface area (Å²) in [5.41, 5.74) is 0. The molecule has 11 heavy (non-hydrogen) atoms. The monoisotopic (exact) mass is 181 g/mol. The van der Waals surface area contributed by atoms with E-state index in [0.29, 0.717) is 0 Å². The summed E-state index contributed by atoms with van der Waals surface area (Å²) in [6.07, 6.45) is 1.03. The predicted octanol–water partition coefficient (Wildman–Crippen LogP) is -0.129. The second-order valence-corrected chi connectivity index (χ2v) is 2.32. The first kappa shape index (κ1) is 10.7. The van der Waals surface area contributed by atoms with Crippen molar-refractivity contribution in [2.24, 2.45) is 0 Å². The summed E-state index contributed by atoms with van der Waals surface area (Å²) in [5, 5.41) is 11.3. The highest BCUT2D eigenvalue weighted by molar-refractivity contribution is 5.85. The fourth-order valence-corrected chi connectivity index (χ4v) is 0.960. The summed E-state index contributed by atoms with van der Waals surface area (Å²) in [6.45, 7) is 1.55. The van der Waals surface area contributed by atoms with Crippen molar-refractivity contribution in [2.75, 3.05) is 19.7 Å². The normalized spacial score (nSPS) is 22.7. The van der Waals surface area contributed by atoms with E-state index in [2.05, 4.69) is 5.32 Å². The molecule has 0 aromatic carbocycles. The number of ether oxygens (including phenoxy) is 1. The molecular formula is C6H12ClNO3. The van der Waals surface area contributed by atoms with E-state index >= 15 is 0 Å². The molecule has 1 rings (SSSR count). The number of carboxylic acid groups (broad SMARTS) is 1. The van der Waals surface area contributed by atoms with Crippen LogP contribution in [0, 0.1) is 0 Å². The van der Waals surface area contributed by atoms with E-state index in [1.54, 1.807) is 0 Å². The van der Waals surface area contributed by atoms with Crippen molar-refractivity contribution in [3.63, 3.8) is 0 Å². The molecular weight excluding hydrogens is 170 g/mol. The van der Waals surface area contributed by atoms with E-state index in [1.165, 1.54) is 0 Å². The Morgan fingerprint density at radius 3 is 2.91 bits per heavy atom. The standard InChI is InChI=1S/C6H11NO3.ClH/c8-6(9)4-10-5-1-2-7-3-5;/h5,7H,1-4H2,(H,8,9);1H/t5-;/m1./s1. The highest BCUT2D eigenvalue weighted by Gasteiger charge is 2.15. The van der Waals surface area contributed by atoms with Crippen molar-refractivity contribution in [2.45, 2.75) is 12.5 Å². The number of carboxylic acids is 1. The molecule has 1 aliphatic rings. The summed E-state index contributed by atoms with van der Waals surface area (Å²) in [4.78, 5) is 10.0. The molecule has 0 saturated carbocycles. The Balaban J connectivity index is 0.000001000. The summed E-state index contributed by atoms with van der Waals surface area (Å²) >= 11 is 0. The second-order valence-electron chi connectivity index (χ2n) is 2.32. The Bertz CT molecular complexity index is 125. The number of hydrogen-bond donors (Lipinski definition) is 2. The Hall–Kier alpha value is -0.320. The van der Waals surface area contributed by atoms with Crippen LogP contribution in [0.2, 0.25) is 0 Å². The zero-order chi connectivity index (χ0) is 7.40. The van der Waals surface area contributed by atoms with Crippen molar-refractivity contribution in [3.05, 3.63) is 0 Å². The lowest BCUT2D eigenvalue weighted by Crippen LogP contribution is -2.20.